The average Bonchev–Trinajstić information content (AvgIpc) is 3.12. The predicted octanol–water partition coefficient (Wildman–Crippen LogP) is 1.04. The highest BCUT2D eigenvalue weighted by molar-refractivity contribution is 8.07. The molecular formula is C13H20N5O5PS. The number of anilines is 1. The number of nitrogens with two attached hydrogens (primary N) is 1. The number of aromatic amines is 1. The number of H-pyrrole nitrogens is 1. The lowest BCUT2D eigenvalue weighted by atomic mass is 10.1. The number of ether oxygens (including phenoxy) is 1. The molecule has 0 amide bonds. The van der Waals surface area contributed by atoms with Crippen molar-refractivity contribution in [3.63, 3.8) is 0 Å². The maximum absolute atomic E-state index is 11.9. The zero-order valence-electron chi connectivity index (χ0n) is 13.8. The average molecular weight is 389 g/mol. The van der Waals surface area contributed by atoms with Crippen LogP contribution in [0.1, 0.15) is 32.4 Å². The lowest BCUT2D eigenvalue weighted by Crippen LogP contribution is -2.23. The van der Waals surface area contributed by atoms with Crippen LogP contribution in [0.3, 0.4) is 0 Å². The molecule has 0 saturated carbocycles. The lowest BCUT2D eigenvalue weighted by Gasteiger charge is -2.22. The SMILES string of the molecule is CCC[C@H]1O[C@@H](n2cnc3c(=O)[nH]c(N)nc32)C[C@H]1OP(O)(=S)OC. The molecule has 2 aromatic heterocycles. The fourth-order valence-corrected chi connectivity index (χ4v) is 3.87. The van der Waals surface area contributed by atoms with Gasteiger partial charge < -0.3 is 24.4 Å². The van der Waals surface area contributed by atoms with Crippen LogP contribution < -0.4 is 11.3 Å². The molecule has 12 heteroatoms. The Balaban J connectivity index is 1.91. The van der Waals surface area contributed by atoms with E-state index in [4.69, 9.17) is 31.3 Å². The molecule has 138 valence electrons. The molecule has 0 spiro atoms. The first-order chi connectivity index (χ1) is 11.8. The van der Waals surface area contributed by atoms with E-state index >= 15 is 0 Å². The predicted molar refractivity (Wildman–Crippen MR) is 94.4 cm³/mol. The van der Waals surface area contributed by atoms with Gasteiger partial charge in [0.1, 0.15) is 6.23 Å². The van der Waals surface area contributed by atoms with E-state index < -0.39 is 24.6 Å². The molecule has 10 nitrogen and oxygen atoms in total. The van der Waals surface area contributed by atoms with Gasteiger partial charge in [-0.3, -0.25) is 14.3 Å². The summed E-state index contributed by atoms with van der Waals surface area (Å²) in [4.78, 5) is 32.5. The minimum atomic E-state index is -3.31. The number of fused-ring (bicyclic) bond motifs is 1. The van der Waals surface area contributed by atoms with Crippen molar-refractivity contribution in [2.75, 3.05) is 12.8 Å². The van der Waals surface area contributed by atoms with Gasteiger partial charge in [0.25, 0.3) is 5.56 Å². The molecule has 0 bridgehead atoms. The smallest absolute Gasteiger partial charge is 0.324 e. The van der Waals surface area contributed by atoms with E-state index in [-0.39, 0.29) is 17.6 Å². The van der Waals surface area contributed by atoms with E-state index in [1.807, 2.05) is 6.92 Å². The molecule has 1 saturated heterocycles. The van der Waals surface area contributed by atoms with Gasteiger partial charge in [-0.05, 0) is 18.2 Å². The van der Waals surface area contributed by atoms with E-state index in [9.17, 15) is 9.69 Å². The van der Waals surface area contributed by atoms with Crippen LogP contribution >= 0.6 is 6.72 Å². The molecule has 1 unspecified atom stereocenters. The van der Waals surface area contributed by atoms with Crippen molar-refractivity contribution in [3.05, 3.63) is 16.7 Å². The summed E-state index contributed by atoms with van der Waals surface area (Å²) in [6.45, 7) is -1.29. The van der Waals surface area contributed by atoms with Gasteiger partial charge in [0.05, 0.1) is 18.5 Å². The third-order valence-electron chi connectivity index (χ3n) is 4.01. The Morgan fingerprint density at radius 1 is 1.64 bits per heavy atom. The van der Waals surface area contributed by atoms with Crippen LogP contribution in [0.5, 0.6) is 0 Å². The number of nitrogens with zero attached hydrogens (tertiary/aromatic N) is 3. The first-order valence-corrected chi connectivity index (χ1v) is 10.4. The largest absolute Gasteiger partial charge is 0.369 e. The quantitative estimate of drug-likeness (QED) is 0.619. The van der Waals surface area contributed by atoms with Crippen LogP contribution in [-0.4, -0.2) is 43.7 Å². The number of rotatable bonds is 6. The van der Waals surface area contributed by atoms with Gasteiger partial charge in [0.2, 0.25) is 5.95 Å². The lowest BCUT2D eigenvalue weighted by molar-refractivity contribution is -0.0190. The molecule has 25 heavy (non-hydrogen) atoms. The standard InChI is InChI=1S/C13H20N5O5PS/c1-3-4-7-8(23-24(20,25)21-2)5-9(22-7)18-6-15-10-11(18)16-13(14)17-12(10)19/h6-9H,3-5H2,1-2H3,(H,20,25)(H3,14,16,17,19)/t7-,8-,9-,24?/m1/s1. The maximum Gasteiger partial charge on any atom is 0.324 e. The van der Waals surface area contributed by atoms with Crippen molar-refractivity contribution in [2.24, 2.45) is 0 Å². The second-order valence-electron chi connectivity index (χ2n) is 5.72. The fourth-order valence-electron chi connectivity index (χ4n) is 2.89. The summed E-state index contributed by atoms with van der Waals surface area (Å²) in [6.07, 6.45) is 2.32. The first kappa shape index (κ1) is 18.4. The number of nitrogens with one attached hydrogen (secondary N) is 1. The number of hydrogen-bond acceptors (Lipinski definition) is 8. The third-order valence-corrected chi connectivity index (χ3v) is 5.72. The van der Waals surface area contributed by atoms with Gasteiger partial charge in [-0.1, -0.05) is 13.3 Å². The Morgan fingerprint density at radius 2 is 2.40 bits per heavy atom. The van der Waals surface area contributed by atoms with E-state index in [2.05, 4.69) is 15.0 Å². The van der Waals surface area contributed by atoms with Crippen LogP contribution in [0.25, 0.3) is 11.2 Å². The number of aromatic nitrogens is 4. The summed E-state index contributed by atoms with van der Waals surface area (Å²) in [7, 11) is 1.31. The Labute approximate surface area is 148 Å². The molecule has 3 heterocycles. The van der Waals surface area contributed by atoms with E-state index in [1.165, 1.54) is 13.4 Å². The van der Waals surface area contributed by atoms with Crippen molar-refractivity contribution < 1.29 is 18.7 Å². The molecule has 3 rings (SSSR count). The topological polar surface area (TPSA) is 138 Å². The van der Waals surface area contributed by atoms with Crippen molar-refractivity contribution in [1.82, 2.24) is 19.5 Å². The van der Waals surface area contributed by atoms with Crippen LogP contribution in [0.4, 0.5) is 5.95 Å². The molecule has 0 aromatic carbocycles. The molecule has 1 aliphatic rings. The Hall–Kier alpha value is -1.36. The van der Waals surface area contributed by atoms with Crippen LogP contribution in [0.2, 0.25) is 0 Å². The maximum atomic E-state index is 11.9. The molecule has 0 radical (unpaired) electrons. The summed E-state index contributed by atoms with van der Waals surface area (Å²) in [5.41, 5.74) is 5.72. The molecule has 0 aliphatic carbocycles. The summed E-state index contributed by atoms with van der Waals surface area (Å²) < 4.78 is 18.1. The van der Waals surface area contributed by atoms with Gasteiger partial charge in [0.15, 0.2) is 11.2 Å². The van der Waals surface area contributed by atoms with Gasteiger partial charge in [-0.25, -0.2) is 4.98 Å². The second-order valence-corrected chi connectivity index (χ2v) is 8.62. The highest BCUT2D eigenvalue weighted by Gasteiger charge is 2.40. The Morgan fingerprint density at radius 3 is 3.08 bits per heavy atom. The van der Waals surface area contributed by atoms with Crippen molar-refractivity contribution in [2.45, 2.75) is 44.6 Å². The summed E-state index contributed by atoms with van der Waals surface area (Å²) in [6, 6.07) is 0. The van der Waals surface area contributed by atoms with Crippen molar-refractivity contribution >= 4 is 35.6 Å². The number of hydrogen-bond donors (Lipinski definition) is 3. The molecule has 2 aromatic rings. The summed E-state index contributed by atoms with van der Waals surface area (Å²) in [5, 5.41) is 0. The van der Waals surface area contributed by atoms with Gasteiger partial charge in [-0.15, -0.1) is 0 Å². The second kappa shape index (κ2) is 7.10. The van der Waals surface area contributed by atoms with E-state index in [0.29, 0.717) is 12.1 Å². The van der Waals surface area contributed by atoms with Crippen molar-refractivity contribution in [3.8, 4) is 0 Å². The summed E-state index contributed by atoms with van der Waals surface area (Å²) in [5.74, 6) is 0.000368. The van der Waals surface area contributed by atoms with Gasteiger partial charge in [0, 0.05) is 13.5 Å². The first-order valence-electron chi connectivity index (χ1n) is 7.79. The minimum Gasteiger partial charge on any atom is -0.369 e. The molecule has 1 fully saturated rings. The van der Waals surface area contributed by atoms with Gasteiger partial charge >= 0.3 is 6.72 Å². The highest BCUT2D eigenvalue weighted by atomic mass is 32.5. The fraction of sp³-hybridized carbons (Fsp3) is 0.615. The molecule has 1 aliphatic heterocycles. The minimum absolute atomic E-state index is 0.000368. The van der Waals surface area contributed by atoms with Crippen LogP contribution in [0.15, 0.2) is 11.1 Å². The summed E-state index contributed by atoms with van der Waals surface area (Å²) >= 11 is 4.94. The Kier molecular flexibility index (Phi) is 5.24. The molecule has 4 N–H and O–H groups in total. The van der Waals surface area contributed by atoms with Crippen LogP contribution in [-0.2, 0) is 25.6 Å². The van der Waals surface area contributed by atoms with Crippen LogP contribution in [0, 0.1) is 0 Å². The van der Waals surface area contributed by atoms with E-state index in [1.54, 1.807) is 4.57 Å². The van der Waals surface area contributed by atoms with E-state index in [0.717, 1.165) is 12.8 Å². The van der Waals surface area contributed by atoms with Gasteiger partial charge in [-0.2, -0.15) is 4.98 Å². The number of nitrogen functional groups attached to an aromatic ring is 1. The third kappa shape index (κ3) is 3.76. The monoisotopic (exact) mass is 389 g/mol. The van der Waals surface area contributed by atoms with Crippen molar-refractivity contribution in [1.29, 1.82) is 0 Å². The number of imidazole rings is 1. The molecular weight excluding hydrogens is 369 g/mol. The molecule has 4 atom stereocenters. The highest BCUT2D eigenvalue weighted by Crippen LogP contribution is 2.48. The zero-order valence-corrected chi connectivity index (χ0v) is 15.5. The Bertz CT molecular complexity index is 870. The zero-order chi connectivity index (χ0) is 18.2. The normalized spacial score (nSPS) is 26.1.